The van der Waals surface area contributed by atoms with Crippen molar-refractivity contribution >= 4 is 5.69 Å². The maximum absolute atomic E-state index is 11.9. The first-order valence-electron chi connectivity index (χ1n) is 5.04. The van der Waals surface area contributed by atoms with Gasteiger partial charge in [0.05, 0.1) is 12.7 Å². The molecule has 0 spiro atoms. The summed E-state index contributed by atoms with van der Waals surface area (Å²) in [6.07, 6.45) is 0.968. The molecule has 0 aromatic carbocycles. The van der Waals surface area contributed by atoms with Crippen LogP contribution in [0.2, 0.25) is 0 Å². The third-order valence-corrected chi connectivity index (χ3v) is 2.81. The molecule has 1 aromatic rings. The number of aromatic nitrogens is 2. The average Bonchev–Trinajstić information content (AvgIpc) is 2.23. The number of hydrogen-bond acceptors (Lipinski definition) is 4. The second kappa shape index (κ2) is 3.56. The van der Waals surface area contributed by atoms with Crippen molar-refractivity contribution in [1.82, 2.24) is 9.78 Å². The van der Waals surface area contributed by atoms with Gasteiger partial charge in [-0.25, -0.2) is 4.68 Å². The van der Waals surface area contributed by atoms with Crippen molar-refractivity contribution in [2.24, 2.45) is 7.05 Å². The van der Waals surface area contributed by atoms with E-state index in [2.05, 4.69) is 17.3 Å². The minimum absolute atomic E-state index is 0.0366. The number of nitrogens with zero attached hydrogens (tertiary/aromatic N) is 2. The SMILES string of the molecule is COc1nn(C)c(=O)c2c1NCCC2C. The lowest BCUT2D eigenvalue weighted by molar-refractivity contribution is 0.380. The Morgan fingerprint density at radius 3 is 3.00 bits per heavy atom. The molecular formula is C10H15N3O2. The van der Waals surface area contributed by atoms with Crippen molar-refractivity contribution in [3.05, 3.63) is 15.9 Å². The monoisotopic (exact) mass is 209 g/mol. The number of ether oxygens (including phenoxy) is 1. The van der Waals surface area contributed by atoms with Crippen LogP contribution in [-0.4, -0.2) is 23.4 Å². The van der Waals surface area contributed by atoms with Crippen molar-refractivity contribution in [3.8, 4) is 5.88 Å². The molecule has 0 saturated carbocycles. The fourth-order valence-electron chi connectivity index (χ4n) is 1.96. The lowest BCUT2D eigenvalue weighted by Gasteiger charge is -2.24. The Bertz CT molecular complexity index is 439. The van der Waals surface area contributed by atoms with E-state index in [1.165, 1.54) is 4.68 Å². The molecule has 1 N–H and O–H groups in total. The van der Waals surface area contributed by atoms with E-state index in [0.717, 1.165) is 24.2 Å². The summed E-state index contributed by atoms with van der Waals surface area (Å²) in [5.41, 5.74) is 1.51. The van der Waals surface area contributed by atoms with Crippen molar-refractivity contribution < 1.29 is 4.74 Å². The maximum Gasteiger partial charge on any atom is 0.272 e. The van der Waals surface area contributed by atoms with Crippen LogP contribution in [0.15, 0.2) is 4.79 Å². The van der Waals surface area contributed by atoms with Crippen LogP contribution in [0.25, 0.3) is 0 Å². The summed E-state index contributed by atoms with van der Waals surface area (Å²) in [6.45, 7) is 2.92. The highest BCUT2D eigenvalue weighted by molar-refractivity contribution is 5.60. The fourth-order valence-corrected chi connectivity index (χ4v) is 1.96. The van der Waals surface area contributed by atoms with E-state index >= 15 is 0 Å². The Morgan fingerprint density at radius 1 is 1.60 bits per heavy atom. The van der Waals surface area contributed by atoms with Gasteiger partial charge in [0.25, 0.3) is 11.4 Å². The van der Waals surface area contributed by atoms with Gasteiger partial charge in [0.15, 0.2) is 0 Å². The predicted octanol–water partition coefficient (Wildman–Crippen LogP) is 0.708. The quantitative estimate of drug-likeness (QED) is 0.740. The van der Waals surface area contributed by atoms with Crippen LogP contribution in [0.1, 0.15) is 24.8 Å². The summed E-state index contributed by atoms with van der Waals surface area (Å²) in [7, 11) is 3.21. The minimum atomic E-state index is -0.0366. The Balaban J connectivity index is 2.71. The summed E-state index contributed by atoms with van der Waals surface area (Å²) >= 11 is 0. The molecule has 0 fully saturated rings. The number of anilines is 1. The number of hydrogen-bond donors (Lipinski definition) is 1. The second-order valence-electron chi connectivity index (χ2n) is 3.84. The maximum atomic E-state index is 11.9. The first-order chi connectivity index (χ1) is 7.15. The minimum Gasteiger partial charge on any atom is -0.479 e. The largest absolute Gasteiger partial charge is 0.479 e. The molecule has 1 aliphatic heterocycles. The lowest BCUT2D eigenvalue weighted by Crippen LogP contribution is -2.30. The molecule has 0 aliphatic carbocycles. The molecule has 0 bridgehead atoms. The van der Waals surface area contributed by atoms with Crippen LogP contribution in [0.5, 0.6) is 5.88 Å². The van der Waals surface area contributed by atoms with E-state index in [0.29, 0.717) is 5.88 Å². The Labute approximate surface area is 88.1 Å². The number of fused-ring (bicyclic) bond motifs is 1. The van der Waals surface area contributed by atoms with Crippen LogP contribution in [0.3, 0.4) is 0 Å². The van der Waals surface area contributed by atoms with Gasteiger partial charge >= 0.3 is 0 Å². The fraction of sp³-hybridized carbons (Fsp3) is 0.600. The van der Waals surface area contributed by atoms with E-state index in [-0.39, 0.29) is 11.5 Å². The number of rotatable bonds is 1. The van der Waals surface area contributed by atoms with Gasteiger partial charge in [0, 0.05) is 13.6 Å². The molecule has 1 atom stereocenters. The number of nitrogens with one attached hydrogen (secondary N) is 1. The van der Waals surface area contributed by atoms with Gasteiger partial charge in [-0.2, -0.15) is 0 Å². The lowest BCUT2D eigenvalue weighted by atomic mass is 9.94. The Hall–Kier alpha value is -1.52. The molecule has 1 unspecified atom stereocenters. The highest BCUT2D eigenvalue weighted by Gasteiger charge is 2.24. The highest BCUT2D eigenvalue weighted by atomic mass is 16.5. The van der Waals surface area contributed by atoms with Crippen molar-refractivity contribution in [3.63, 3.8) is 0 Å². The standard InChI is InChI=1S/C10H15N3O2/c1-6-4-5-11-8-7(6)10(14)13(2)12-9(8)15-3/h6,11H,4-5H2,1-3H3. The molecule has 1 aliphatic rings. The van der Waals surface area contributed by atoms with Gasteiger partial charge in [-0.1, -0.05) is 6.92 Å². The summed E-state index contributed by atoms with van der Waals surface area (Å²) in [4.78, 5) is 11.9. The van der Waals surface area contributed by atoms with E-state index < -0.39 is 0 Å². The summed E-state index contributed by atoms with van der Waals surface area (Å²) in [5.74, 6) is 0.760. The summed E-state index contributed by atoms with van der Waals surface area (Å²) < 4.78 is 6.50. The molecule has 0 saturated heterocycles. The third-order valence-electron chi connectivity index (χ3n) is 2.81. The zero-order valence-corrected chi connectivity index (χ0v) is 9.20. The average molecular weight is 209 g/mol. The number of methoxy groups -OCH3 is 1. The first-order valence-corrected chi connectivity index (χ1v) is 5.04. The molecule has 82 valence electrons. The van der Waals surface area contributed by atoms with Crippen molar-refractivity contribution in [2.45, 2.75) is 19.3 Å². The van der Waals surface area contributed by atoms with Gasteiger partial charge in [-0.05, 0) is 12.3 Å². The molecule has 0 amide bonds. The Morgan fingerprint density at radius 2 is 2.33 bits per heavy atom. The van der Waals surface area contributed by atoms with Crippen LogP contribution in [0, 0.1) is 0 Å². The van der Waals surface area contributed by atoms with Crippen LogP contribution in [0.4, 0.5) is 5.69 Å². The molecular weight excluding hydrogens is 194 g/mol. The van der Waals surface area contributed by atoms with Gasteiger partial charge in [0.2, 0.25) is 0 Å². The highest BCUT2D eigenvalue weighted by Crippen LogP contribution is 2.33. The van der Waals surface area contributed by atoms with E-state index in [1.807, 2.05) is 0 Å². The number of aryl methyl sites for hydroxylation is 1. The van der Waals surface area contributed by atoms with Gasteiger partial charge in [-0.3, -0.25) is 4.79 Å². The van der Waals surface area contributed by atoms with Crippen molar-refractivity contribution in [2.75, 3.05) is 19.0 Å². The van der Waals surface area contributed by atoms with Gasteiger partial charge in [0.1, 0.15) is 5.69 Å². The first kappa shape index (κ1) is 10.0. The van der Waals surface area contributed by atoms with Crippen LogP contribution >= 0.6 is 0 Å². The van der Waals surface area contributed by atoms with Gasteiger partial charge < -0.3 is 10.1 Å². The third kappa shape index (κ3) is 1.48. The topological polar surface area (TPSA) is 56.2 Å². The van der Waals surface area contributed by atoms with Crippen LogP contribution in [-0.2, 0) is 7.05 Å². The molecule has 15 heavy (non-hydrogen) atoms. The molecule has 2 rings (SSSR count). The summed E-state index contributed by atoms with van der Waals surface area (Å²) in [5, 5.41) is 7.24. The zero-order valence-electron chi connectivity index (χ0n) is 9.20. The second-order valence-corrected chi connectivity index (χ2v) is 3.84. The van der Waals surface area contributed by atoms with E-state index in [4.69, 9.17) is 4.74 Å². The molecule has 1 aromatic heterocycles. The van der Waals surface area contributed by atoms with Crippen molar-refractivity contribution in [1.29, 1.82) is 0 Å². The zero-order chi connectivity index (χ0) is 11.0. The molecule has 2 heterocycles. The normalized spacial score (nSPS) is 19.3. The molecule has 5 nitrogen and oxygen atoms in total. The van der Waals surface area contributed by atoms with Crippen LogP contribution < -0.4 is 15.6 Å². The molecule has 0 radical (unpaired) electrons. The van der Waals surface area contributed by atoms with E-state index in [1.54, 1.807) is 14.2 Å². The Kier molecular flexibility index (Phi) is 2.38. The van der Waals surface area contributed by atoms with Gasteiger partial charge in [-0.15, -0.1) is 5.10 Å². The summed E-state index contributed by atoms with van der Waals surface area (Å²) in [6, 6.07) is 0. The smallest absolute Gasteiger partial charge is 0.272 e. The molecule has 5 heteroatoms. The predicted molar refractivity (Wildman–Crippen MR) is 57.6 cm³/mol. The van der Waals surface area contributed by atoms with E-state index in [9.17, 15) is 4.79 Å².